The van der Waals surface area contributed by atoms with E-state index in [0.717, 1.165) is 25.5 Å². The molecule has 11 nitrogen and oxygen atoms in total. The Balaban J connectivity index is 1.37. The maximum absolute atomic E-state index is 14.5. The molecule has 4 aliphatic heterocycles. The van der Waals surface area contributed by atoms with E-state index in [1.165, 1.54) is 17.0 Å². The first kappa shape index (κ1) is 34.2. The lowest BCUT2D eigenvalue weighted by Gasteiger charge is -2.33. The third-order valence-electron chi connectivity index (χ3n) is 9.47. The number of carbonyl (C=O) groups is 1. The topological polar surface area (TPSA) is 135 Å². The molecule has 0 radical (unpaired) electrons. The quantitative estimate of drug-likeness (QED) is 0.251. The van der Waals surface area contributed by atoms with E-state index in [-0.39, 0.29) is 54.2 Å². The van der Waals surface area contributed by atoms with E-state index in [0.29, 0.717) is 55.3 Å². The number of nitrogen functional groups attached to an aromatic ring is 1. The highest BCUT2D eigenvalue weighted by atomic mass is 35.5. The zero-order valence-corrected chi connectivity index (χ0v) is 27.6. The van der Waals surface area contributed by atoms with E-state index in [4.69, 9.17) is 42.5 Å². The predicted octanol–water partition coefficient (Wildman–Crippen LogP) is 4.00. The maximum atomic E-state index is 14.5. The van der Waals surface area contributed by atoms with Crippen LogP contribution in [0.5, 0.6) is 6.01 Å². The number of likely N-dealkylation sites (N-methyl/N-ethyl adjacent to an activating group) is 1. The summed E-state index contributed by atoms with van der Waals surface area (Å²) in [4.78, 5) is 32.0. The van der Waals surface area contributed by atoms with Gasteiger partial charge in [-0.15, -0.1) is 0 Å². The van der Waals surface area contributed by atoms with Crippen LogP contribution in [-0.4, -0.2) is 96.5 Å². The van der Waals surface area contributed by atoms with Crippen molar-refractivity contribution >= 4 is 34.7 Å². The average Bonchev–Trinajstić information content (AvgIpc) is 3.45. The molecule has 1 aromatic heterocycles. The first-order chi connectivity index (χ1) is 22.8. The van der Waals surface area contributed by atoms with E-state index in [1.54, 1.807) is 14.1 Å². The van der Waals surface area contributed by atoms with Crippen LogP contribution in [0.2, 0.25) is 0 Å². The standard InChI is InChI=1S/C32H39ClF4N8O3/c1-43(2)29(46)27(39)26(33)24-15-44(9-4-8-40-24)28-21-16-47-25(20-11-19(38)5-6-22(20)32(35,36)37)12-23(21)41-30(42-28)48-17-31-7-3-10-45(31)14-18(34)13-31/h5-6,11,18,25H,3-4,7-10,12-17,38-39H2,1-2H3/b27-26+/t18-,25+,31+/m1/s1. The predicted molar refractivity (Wildman–Crippen MR) is 173 cm³/mol. The van der Waals surface area contributed by atoms with Crippen molar-refractivity contribution in [3.8, 4) is 6.01 Å². The van der Waals surface area contributed by atoms with E-state index >= 15 is 0 Å². The Morgan fingerprint density at radius 2 is 2.02 bits per heavy atom. The highest BCUT2D eigenvalue weighted by Gasteiger charge is 2.49. The number of fused-ring (bicyclic) bond motifs is 2. The molecule has 2 saturated heterocycles. The summed E-state index contributed by atoms with van der Waals surface area (Å²) in [5.74, 6) is -0.0141. The molecule has 4 aliphatic rings. The SMILES string of the molecule is CN(C)C(=O)/C(N)=C(\Cl)C1=NCCCN(c2nc(OC[C@@]34CCCN3C[C@H](F)C4)nc3c2CO[C@H](c2cc(N)ccc2C(F)(F)F)C3)C1. The first-order valence-electron chi connectivity index (χ1n) is 15.9. The highest BCUT2D eigenvalue weighted by Crippen LogP contribution is 2.43. The maximum Gasteiger partial charge on any atom is 0.416 e. The summed E-state index contributed by atoms with van der Waals surface area (Å²) in [6.45, 7) is 2.26. The number of carbonyl (C=O) groups excluding carboxylic acids is 1. The number of alkyl halides is 4. The highest BCUT2D eigenvalue weighted by molar-refractivity contribution is 6.45. The molecule has 1 aromatic carbocycles. The van der Waals surface area contributed by atoms with E-state index in [1.807, 2.05) is 4.90 Å². The molecule has 6 rings (SSSR count). The van der Waals surface area contributed by atoms with E-state index < -0.39 is 35.5 Å². The number of aromatic nitrogens is 2. The van der Waals surface area contributed by atoms with Gasteiger partial charge in [0.2, 0.25) is 0 Å². The Morgan fingerprint density at radius 1 is 1.23 bits per heavy atom. The number of ether oxygens (including phenoxy) is 2. The van der Waals surface area contributed by atoms with Gasteiger partial charge in [0.25, 0.3) is 5.91 Å². The van der Waals surface area contributed by atoms with Crippen molar-refractivity contribution in [2.45, 2.75) is 62.7 Å². The molecule has 0 spiro atoms. The Bertz CT molecular complexity index is 1640. The fraction of sp³-hybridized carbons (Fsp3) is 0.562. The third kappa shape index (κ3) is 6.77. The summed E-state index contributed by atoms with van der Waals surface area (Å²) in [7, 11) is 3.13. The molecule has 0 aliphatic carbocycles. The van der Waals surface area contributed by atoms with E-state index in [9.17, 15) is 22.4 Å². The fourth-order valence-electron chi connectivity index (χ4n) is 7.10. The average molecular weight is 695 g/mol. The normalized spacial score (nSPS) is 25.1. The molecule has 2 fully saturated rings. The second-order valence-corrected chi connectivity index (χ2v) is 13.4. The van der Waals surface area contributed by atoms with Crippen LogP contribution in [0.15, 0.2) is 33.9 Å². The van der Waals surface area contributed by atoms with Gasteiger partial charge in [-0.05, 0) is 49.6 Å². The lowest BCUT2D eigenvalue weighted by Crippen LogP contribution is -2.43. The first-order valence-corrected chi connectivity index (χ1v) is 16.3. The van der Waals surface area contributed by atoms with Gasteiger partial charge in [-0.3, -0.25) is 14.7 Å². The molecule has 1 amide bonds. The van der Waals surface area contributed by atoms with Crippen LogP contribution < -0.4 is 21.1 Å². The lowest BCUT2D eigenvalue weighted by atomic mass is 9.94. The number of hydrogen-bond acceptors (Lipinski definition) is 10. The number of benzene rings is 1. The summed E-state index contributed by atoms with van der Waals surface area (Å²) in [5.41, 5.74) is 12.1. The van der Waals surface area contributed by atoms with Gasteiger partial charge in [0.05, 0.1) is 46.8 Å². The molecule has 2 aromatic rings. The summed E-state index contributed by atoms with van der Waals surface area (Å²) in [6.07, 6.45) is -3.90. The van der Waals surface area contributed by atoms with Crippen LogP contribution in [-0.2, 0) is 28.7 Å². The summed E-state index contributed by atoms with van der Waals surface area (Å²) >= 11 is 6.62. The monoisotopic (exact) mass is 694 g/mol. The van der Waals surface area contributed by atoms with Crippen LogP contribution in [0.3, 0.4) is 0 Å². The Hall–Kier alpha value is -3.69. The minimum atomic E-state index is -4.62. The molecule has 3 atom stereocenters. The van der Waals surface area contributed by atoms with Gasteiger partial charge in [-0.25, -0.2) is 4.39 Å². The number of hydrogen-bond donors (Lipinski definition) is 2. The number of rotatable bonds is 7. The minimum absolute atomic E-state index is 0.00268. The Morgan fingerprint density at radius 3 is 2.77 bits per heavy atom. The van der Waals surface area contributed by atoms with Crippen LogP contribution in [0.4, 0.5) is 29.1 Å². The number of nitrogens with zero attached hydrogens (tertiary/aromatic N) is 6. The minimum Gasteiger partial charge on any atom is -0.461 e. The molecule has 0 saturated carbocycles. The largest absolute Gasteiger partial charge is 0.461 e. The molecule has 48 heavy (non-hydrogen) atoms. The van der Waals surface area contributed by atoms with Crippen LogP contribution >= 0.6 is 11.6 Å². The van der Waals surface area contributed by atoms with Crippen molar-refractivity contribution < 1.29 is 31.8 Å². The van der Waals surface area contributed by atoms with Crippen molar-refractivity contribution in [1.82, 2.24) is 19.8 Å². The molecule has 5 heterocycles. The number of nitrogens with two attached hydrogens (primary N) is 2. The third-order valence-corrected chi connectivity index (χ3v) is 9.89. The van der Waals surface area contributed by atoms with Gasteiger partial charge in [0, 0.05) is 57.8 Å². The summed E-state index contributed by atoms with van der Waals surface area (Å²) in [6, 6.07) is 3.48. The molecule has 0 unspecified atom stereocenters. The number of halogens is 5. The Kier molecular flexibility index (Phi) is 9.48. The van der Waals surface area contributed by atoms with Gasteiger partial charge in [0.1, 0.15) is 24.3 Å². The second kappa shape index (κ2) is 13.3. The Labute approximate surface area is 280 Å². The zero-order chi connectivity index (χ0) is 34.4. The van der Waals surface area contributed by atoms with Crippen LogP contribution in [0.25, 0.3) is 0 Å². The van der Waals surface area contributed by atoms with Crippen molar-refractivity contribution in [2.75, 3.05) is 64.1 Å². The molecular formula is C32H39ClF4N8O3. The van der Waals surface area contributed by atoms with Gasteiger partial charge in [-0.1, -0.05) is 11.6 Å². The van der Waals surface area contributed by atoms with Crippen LogP contribution in [0.1, 0.15) is 54.2 Å². The smallest absolute Gasteiger partial charge is 0.416 e. The van der Waals surface area contributed by atoms with Gasteiger partial charge in [0.15, 0.2) is 0 Å². The lowest BCUT2D eigenvalue weighted by molar-refractivity contribution is -0.139. The van der Waals surface area contributed by atoms with Crippen LogP contribution in [0, 0.1) is 0 Å². The van der Waals surface area contributed by atoms with E-state index in [2.05, 4.69) is 9.89 Å². The van der Waals surface area contributed by atoms with Gasteiger partial charge in [-0.2, -0.15) is 23.1 Å². The zero-order valence-electron chi connectivity index (χ0n) is 26.8. The van der Waals surface area contributed by atoms with Crippen molar-refractivity contribution in [1.29, 1.82) is 0 Å². The number of anilines is 2. The second-order valence-electron chi connectivity index (χ2n) is 13.0. The van der Waals surface area contributed by atoms with Crippen molar-refractivity contribution in [3.05, 3.63) is 51.3 Å². The van der Waals surface area contributed by atoms with Crippen molar-refractivity contribution in [2.24, 2.45) is 10.7 Å². The molecule has 260 valence electrons. The number of amides is 1. The summed E-state index contributed by atoms with van der Waals surface area (Å²) in [5, 5.41) is 0.0279. The molecule has 16 heteroatoms. The van der Waals surface area contributed by atoms with Gasteiger partial charge < -0.3 is 30.7 Å². The fourth-order valence-corrected chi connectivity index (χ4v) is 7.31. The molecule has 4 N–H and O–H groups in total. The van der Waals surface area contributed by atoms with Gasteiger partial charge >= 0.3 is 12.2 Å². The van der Waals surface area contributed by atoms with Crippen molar-refractivity contribution in [3.63, 3.8) is 0 Å². The molecular weight excluding hydrogens is 656 g/mol. The molecule has 0 bridgehead atoms. The number of aliphatic imine (C=N–C) groups is 1. The summed E-state index contributed by atoms with van der Waals surface area (Å²) < 4.78 is 68.9.